The number of nitrogens with one attached hydrogen (secondary N) is 1. The predicted octanol–water partition coefficient (Wildman–Crippen LogP) is 4.06. The Morgan fingerprint density at radius 3 is 2.69 bits per heavy atom. The van der Waals surface area contributed by atoms with Gasteiger partial charge in [-0.05, 0) is 35.9 Å². The fourth-order valence-corrected chi connectivity index (χ4v) is 2.31. The Kier molecular flexibility index (Phi) is 5.18. The predicted molar refractivity (Wildman–Crippen MR) is 98.2 cm³/mol. The van der Waals surface area contributed by atoms with E-state index in [0.29, 0.717) is 11.1 Å². The molecule has 1 N–H and O–H groups in total. The highest BCUT2D eigenvalue weighted by Gasteiger charge is 2.10. The number of aromatic nitrogens is 2. The van der Waals surface area contributed by atoms with Crippen LogP contribution < -0.4 is 5.32 Å². The van der Waals surface area contributed by atoms with Gasteiger partial charge in [0.25, 0.3) is 11.6 Å². The van der Waals surface area contributed by atoms with Crippen molar-refractivity contribution in [1.82, 2.24) is 10.2 Å². The second-order valence-corrected chi connectivity index (χ2v) is 6.01. The quantitative estimate of drug-likeness (QED) is 0.382. The minimum Gasteiger partial charge on any atom is -0.403 e. The number of amides is 1. The number of halogens is 1. The Bertz CT molecular complexity index is 982. The molecule has 0 saturated heterocycles. The number of hydrogen-bond acceptors (Lipinski definition) is 6. The fraction of sp³-hybridized carbons (Fsp3) is 0. The summed E-state index contributed by atoms with van der Waals surface area (Å²) in [5, 5.41) is 20.8. The molecule has 1 amide bonds. The lowest BCUT2D eigenvalue weighted by molar-refractivity contribution is -0.384. The van der Waals surface area contributed by atoms with Crippen molar-refractivity contribution in [1.29, 1.82) is 0 Å². The molecule has 0 aliphatic rings. The summed E-state index contributed by atoms with van der Waals surface area (Å²) in [5.74, 6) is -0.224. The van der Waals surface area contributed by atoms with Gasteiger partial charge in [-0.2, -0.15) is 0 Å². The largest absolute Gasteiger partial charge is 0.403 e. The molecule has 0 atom stereocenters. The molecule has 9 heteroatoms. The van der Waals surface area contributed by atoms with Gasteiger partial charge in [0.2, 0.25) is 5.89 Å². The summed E-state index contributed by atoms with van der Waals surface area (Å²) in [6.07, 6.45) is 2.68. The first-order valence-electron chi connectivity index (χ1n) is 7.34. The number of nitro benzene ring substituents is 1. The first-order valence-corrected chi connectivity index (χ1v) is 8.13. The smallest absolute Gasteiger partial charge is 0.322 e. The van der Waals surface area contributed by atoms with Crippen LogP contribution in [-0.4, -0.2) is 21.0 Å². The van der Waals surface area contributed by atoms with E-state index < -0.39 is 10.8 Å². The summed E-state index contributed by atoms with van der Waals surface area (Å²) in [5.41, 5.74) is 1.19. The number of nitro groups is 1. The molecule has 0 unspecified atom stereocenters. The monoisotopic (exact) mass is 414 g/mol. The Morgan fingerprint density at radius 1 is 1.19 bits per heavy atom. The van der Waals surface area contributed by atoms with Crippen molar-refractivity contribution in [3.05, 3.63) is 74.8 Å². The molecule has 1 aromatic heterocycles. The lowest BCUT2D eigenvalue weighted by atomic mass is 10.2. The van der Waals surface area contributed by atoms with Crippen molar-refractivity contribution in [3.63, 3.8) is 0 Å². The van der Waals surface area contributed by atoms with Gasteiger partial charge in [0, 0.05) is 28.2 Å². The van der Waals surface area contributed by atoms with E-state index in [1.54, 1.807) is 18.2 Å². The molecule has 8 nitrogen and oxygen atoms in total. The van der Waals surface area contributed by atoms with Crippen molar-refractivity contribution in [3.8, 4) is 11.5 Å². The van der Waals surface area contributed by atoms with Crippen LogP contribution in [0, 0.1) is 10.1 Å². The van der Waals surface area contributed by atoms with E-state index in [0.717, 1.165) is 4.47 Å². The molecular formula is C17H11BrN4O4. The second-order valence-electron chi connectivity index (χ2n) is 5.09. The summed E-state index contributed by atoms with van der Waals surface area (Å²) < 4.78 is 6.31. The highest BCUT2D eigenvalue weighted by Crippen LogP contribution is 2.22. The molecule has 0 aliphatic heterocycles. The zero-order valence-corrected chi connectivity index (χ0v) is 14.7. The van der Waals surface area contributed by atoms with Crippen LogP contribution >= 0.6 is 15.9 Å². The topological polar surface area (TPSA) is 111 Å². The average Bonchev–Trinajstić information content (AvgIpc) is 3.09. The zero-order valence-electron chi connectivity index (χ0n) is 13.1. The number of carbonyl (C=O) groups is 1. The Balaban J connectivity index is 1.66. The van der Waals surface area contributed by atoms with Crippen molar-refractivity contribution >= 4 is 39.6 Å². The second kappa shape index (κ2) is 7.70. The average molecular weight is 415 g/mol. The van der Waals surface area contributed by atoms with Gasteiger partial charge in [-0.3, -0.25) is 20.2 Å². The maximum atomic E-state index is 11.9. The number of rotatable bonds is 5. The number of nitrogens with zero attached hydrogens (tertiary/aromatic N) is 3. The van der Waals surface area contributed by atoms with E-state index in [4.69, 9.17) is 4.42 Å². The molecule has 3 rings (SSSR count). The molecule has 3 aromatic rings. The highest BCUT2D eigenvalue weighted by molar-refractivity contribution is 9.10. The number of hydrogen-bond donors (Lipinski definition) is 1. The summed E-state index contributed by atoms with van der Waals surface area (Å²) in [4.78, 5) is 22.2. The standard InChI is InChI=1S/C17H11BrN4O4/c18-13-7-5-12(6-8-13)16-20-21-17(26-16)19-15(23)9-4-11-2-1-3-14(10-11)22(24)25/h1-10H,(H,19,21,23). The van der Waals surface area contributed by atoms with Gasteiger partial charge in [0.05, 0.1) is 4.92 Å². The summed E-state index contributed by atoms with van der Waals surface area (Å²) in [6, 6.07) is 13.1. The van der Waals surface area contributed by atoms with Crippen molar-refractivity contribution in [2.75, 3.05) is 5.32 Å². The highest BCUT2D eigenvalue weighted by atomic mass is 79.9. The minimum absolute atomic E-state index is 0.0448. The van der Waals surface area contributed by atoms with Crippen LogP contribution in [0.25, 0.3) is 17.5 Å². The van der Waals surface area contributed by atoms with E-state index in [1.165, 1.54) is 30.4 Å². The van der Waals surface area contributed by atoms with Gasteiger partial charge < -0.3 is 4.42 Å². The Hall–Kier alpha value is -3.33. The van der Waals surface area contributed by atoms with Crippen LogP contribution in [0.3, 0.4) is 0 Å². The number of non-ortho nitro benzene ring substituents is 1. The van der Waals surface area contributed by atoms with Crippen LogP contribution in [0.2, 0.25) is 0 Å². The SMILES string of the molecule is O=C(C=Cc1cccc([N+](=O)[O-])c1)Nc1nnc(-c2ccc(Br)cc2)o1. The summed E-state index contributed by atoms with van der Waals surface area (Å²) in [7, 11) is 0. The van der Waals surface area contributed by atoms with Gasteiger partial charge >= 0.3 is 6.01 Å². The fourth-order valence-electron chi connectivity index (χ4n) is 2.04. The third-order valence-corrected chi connectivity index (χ3v) is 3.78. The van der Waals surface area contributed by atoms with Crippen molar-refractivity contribution in [2.24, 2.45) is 0 Å². The van der Waals surface area contributed by atoms with E-state index in [1.807, 2.05) is 12.1 Å². The molecule has 2 aromatic carbocycles. The first kappa shape index (κ1) is 17.5. The van der Waals surface area contributed by atoms with Crippen LogP contribution in [0.1, 0.15) is 5.56 Å². The van der Waals surface area contributed by atoms with Crippen LogP contribution in [0.15, 0.2) is 63.5 Å². The van der Waals surface area contributed by atoms with Crippen molar-refractivity contribution in [2.45, 2.75) is 0 Å². The van der Waals surface area contributed by atoms with E-state index in [-0.39, 0.29) is 17.6 Å². The lowest BCUT2D eigenvalue weighted by Crippen LogP contribution is -2.07. The number of carbonyl (C=O) groups excluding carboxylic acids is 1. The zero-order chi connectivity index (χ0) is 18.5. The van der Waals surface area contributed by atoms with Crippen LogP contribution in [-0.2, 0) is 4.79 Å². The van der Waals surface area contributed by atoms with E-state index in [2.05, 4.69) is 31.4 Å². The van der Waals surface area contributed by atoms with E-state index in [9.17, 15) is 14.9 Å². The third kappa shape index (κ3) is 4.39. The minimum atomic E-state index is -0.500. The van der Waals surface area contributed by atoms with Gasteiger partial charge in [0.1, 0.15) is 0 Å². The van der Waals surface area contributed by atoms with Gasteiger partial charge in [0.15, 0.2) is 0 Å². The molecule has 0 fully saturated rings. The molecule has 130 valence electrons. The van der Waals surface area contributed by atoms with Crippen molar-refractivity contribution < 1.29 is 14.1 Å². The lowest BCUT2D eigenvalue weighted by Gasteiger charge is -1.96. The first-order chi connectivity index (χ1) is 12.5. The summed E-state index contributed by atoms with van der Waals surface area (Å²) >= 11 is 3.34. The maximum Gasteiger partial charge on any atom is 0.322 e. The molecule has 0 spiro atoms. The Labute approximate surface area is 155 Å². The van der Waals surface area contributed by atoms with Gasteiger partial charge in [-0.1, -0.05) is 33.2 Å². The van der Waals surface area contributed by atoms with Gasteiger partial charge in [-0.15, -0.1) is 5.10 Å². The normalized spacial score (nSPS) is 10.8. The molecular weight excluding hydrogens is 404 g/mol. The summed E-state index contributed by atoms with van der Waals surface area (Å²) in [6.45, 7) is 0. The van der Waals surface area contributed by atoms with Gasteiger partial charge in [-0.25, -0.2) is 0 Å². The third-order valence-electron chi connectivity index (χ3n) is 3.25. The molecule has 1 heterocycles. The van der Waals surface area contributed by atoms with E-state index >= 15 is 0 Å². The van der Waals surface area contributed by atoms with Crippen LogP contribution in [0.5, 0.6) is 0 Å². The molecule has 0 bridgehead atoms. The number of benzene rings is 2. The molecule has 26 heavy (non-hydrogen) atoms. The molecule has 0 aliphatic carbocycles. The van der Waals surface area contributed by atoms with Crippen LogP contribution in [0.4, 0.5) is 11.7 Å². The molecule has 0 saturated carbocycles. The Morgan fingerprint density at radius 2 is 1.96 bits per heavy atom. The molecule has 0 radical (unpaired) electrons. The number of anilines is 1. The maximum absolute atomic E-state index is 11.9.